The second-order valence-corrected chi connectivity index (χ2v) is 5.64. The zero-order valence-electron chi connectivity index (χ0n) is 12.4. The van der Waals surface area contributed by atoms with Crippen molar-refractivity contribution >= 4 is 0 Å². The van der Waals surface area contributed by atoms with Crippen LogP contribution in [0.15, 0.2) is 48.5 Å². The van der Waals surface area contributed by atoms with Gasteiger partial charge in [0.15, 0.2) is 0 Å². The van der Waals surface area contributed by atoms with E-state index in [0.29, 0.717) is 12.6 Å². The van der Waals surface area contributed by atoms with E-state index in [-0.39, 0.29) is 6.04 Å². The van der Waals surface area contributed by atoms with E-state index >= 15 is 0 Å². The number of aryl methyl sites for hydroxylation is 1. The molecule has 2 aromatic carbocycles. The molecule has 3 N–H and O–H groups in total. The highest BCUT2D eigenvalue weighted by Gasteiger charge is 2.27. The van der Waals surface area contributed by atoms with E-state index in [4.69, 9.17) is 10.5 Å². The standard InChI is InChI=1S/C18H22N2O/c1-13-5-4-6-14(11-13)21-10-9-20-18-12-17(19)15-7-2-3-8-16(15)18/h2-8,11,17-18,20H,9-10,12,19H2,1H3. The first-order valence-corrected chi connectivity index (χ1v) is 7.51. The van der Waals surface area contributed by atoms with Crippen molar-refractivity contribution < 1.29 is 4.74 Å². The average Bonchev–Trinajstić information content (AvgIpc) is 2.81. The van der Waals surface area contributed by atoms with Crippen molar-refractivity contribution in [3.8, 4) is 5.75 Å². The highest BCUT2D eigenvalue weighted by Crippen LogP contribution is 2.36. The van der Waals surface area contributed by atoms with E-state index in [0.717, 1.165) is 18.7 Å². The lowest BCUT2D eigenvalue weighted by Gasteiger charge is -2.14. The lowest BCUT2D eigenvalue weighted by Crippen LogP contribution is -2.25. The summed E-state index contributed by atoms with van der Waals surface area (Å²) in [6.07, 6.45) is 0.962. The maximum absolute atomic E-state index is 6.18. The van der Waals surface area contributed by atoms with Crippen LogP contribution in [0.25, 0.3) is 0 Å². The molecule has 0 spiro atoms. The average molecular weight is 282 g/mol. The van der Waals surface area contributed by atoms with E-state index < -0.39 is 0 Å². The van der Waals surface area contributed by atoms with Gasteiger partial charge in [0, 0.05) is 18.6 Å². The van der Waals surface area contributed by atoms with Crippen LogP contribution in [0.1, 0.15) is 35.2 Å². The van der Waals surface area contributed by atoms with Crippen molar-refractivity contribution in [3.05, 3.63) is 65.2 Å². The molecular weight excluding hydrogens is 260 g/mol. The van der Waals surface area contributed by atoms with Crippen LogP contribution >= 0.6 is 0 Å². The number of hydrogen-bond acceptors (Lipinski definition) is 3. The van der Waals surface area contributed by atoms with E-state index in [2.05, 4.69) is 48.6 Å². The molecule has 0 fully saturated rings. The van der Waals surface area contributed by atoms with E-state index in [1.165, 1.54) is 16.7 Å². The van der Waals surface area contributed by atoms with Gasteiger partial charge in [-0.1, -0.05) is 36.4 Å². The Morgan fingerprint density at radius 1 is 1.14 bits per heavy atom. The molecule has 0 heterocycles. The first kappa shape index (κ1) is 14.1. The molecule has 2 atom stereocenters. The molecule has 1 aliphatic rings. The number of nitrogens with two attached hydrogens (primary N) is 1. The van der Waals surface area contributed by atoms with Crippen LogP contribution in [-0.4, -0.2) is 13.2 Å². The molecular formula is C18H22N2O. The summed E-state index contributed by atoms with van der Waals surface area (Å²) in [7, 11) is 0. The Hall–Kier alpha value is -1.84. The minimum absolute atomic E-state index is 0.149. The summed E-state index contributed by atoms with van der Waals surface area (Å²) in [5.41, 5.74) is 10.0. The number of fused-ring (bicyclic) bond motifs is 1. The Kier molecular flexibility index (Phi) is 4.23. The van der Waals surface area contributed by atoms with Crippen LogP contribution in [-0.2, 0) is 0 Å². The molecule has 0 saturated heterocycles. The Morgan fingerprint density at radius 2 is 1.95 bits per heavy atom. The van der Waals surface area contributed by atoms with Gasteiger partial charge in [-0.3, -0.25) is 0 Å². The van der Waals surface area contributed by atoms with Gasteiger partial charge in [0.2, 0.25) is 0 Å². The molecule has 0 amide bonds. The molecule has 0 radical (unpaired) electrons. The van der Waals surface area contributed by atoms with Gasteiger partial charge in [0.05, 0.1) is 0 Å². The Balaban J connectivity index is 1.51. The van der Waals surface area contributed by atoms with Crippen LogP contribution in [0.3, 0.4) is 0 Å². The van der Waals surface area contributed by atoms with Crippen LogP contribution in [0.5, 0.6) is 5.75 Å². The summed E-state index contributed by atoms with van der Waals surface area (Å²) in [6.45, 7) is 3.55. The smallest absolute Gasteiger partial charge is 0.119 e. The van der Waals surface area contributed by atoms with Crippen molar-refractivity contribution in [3.63, 3.8) is 0 Å². The molecule has 0 bridgehead atoms. The Bertz CT molecular complexity index is 612. The molecule has 3 rings (SSSR count). The van der Waals surface area contributed by atoms with Crippen molar-refractivity contribution in [2.45, 2.75) is 25.4 Å². The number of benzene rings is 2. The van der Waals surface area contributed by atoms with Gasteiger partial charge in [-0.2, -0.15) is 0 Å². The Morgan fingerprint density at radius 3 is 2.76 bits per heavy atom. The van der Waals surface area contributed by atoms with Crippen LogP contribution in [0.4, 0.5) is 0 Å². The van der Waals surface area contributed by atoms with Gasteiger partial charge >= 0.3 is 0 Å². The van der Waals surface area contributed by atoms with Gasteiger partial charge in [0.1, 0.15) is 12.4 Å². The molecule has 3 nitrogen and oxygen atoms in total. The van der Waals surface area contributed by atoms with Crippen LogP contribution in [0.2, 0.25) is 0 Å². The fourth-order valence-electron chi connectivity index (χ4n) is 2.97. The highest BCUT2D eigenvalue weighted by molar-refractivity contribution is 5.37. The highest BCUT2D eigenvalue weighted by atomic mass is 16.5. The molecule has 21 heavy (non-hydrogen) atoms. The normalized spacial score (nSPS) is 20.3. The molecule has 2 aromatic rings. The third-order valence-electron chi connectivity index (χ3n) is 4.01. The van der Waals surface area contributed by atoms with Gasteiger partial charge < -0.3 is 15.8 Å². The summed E-state index contributed by atoms with van der Waals surface area (Å²) >= 11 is 0. The fourth-order valence-corrected chi connectivity index (χ4v) is 2.97. The quantitative estimate of drug-likeness (QED) is 0.828. The van der Waals surface area contributed by atoms with Crippen molar-refractivity contribution in [1.82, 2.24) is 5.32 Å². The SMILES string of the molecule is Cc1cccc(OCCNC2CC(N)c3ccccc32)c1. The van der Waals surface area contributed by atoms with Gasteiger partial charge in [-0.15, -0.1) is 0 Å². The van der Waals surface area contributed by atoms with Crippen molar-refractivity contribution in [2.24, 2.45) is 5.73 Å². The molecule has 0 aliphatic heterocycles. The van der Waals surface area contributed by atoms with E-state index in [1.807, 2.05) is 12.1 Å². The number of nitrogens with one attached hydrogen (secondary N) is 1. The van der Waals surface area contributed by atoms with Gasteiger partial charge in [-0.05, 0) is 42.2 Å². The molecule has 1 aliphatic carbocycles. The molecule has 3 heteroatoms. The Labute approximate surface area is 126 Å². The van der Waals surface area contributed by atoms with Crippen LogP contribution < -0.4 is 15.8 Å². The molecule has 110 valence electrons. The molecule has 0 saturated carbocycles. The second kappa shape index (κ2) is 6.29. The summed E-state index contributed by atoms with van der Waals surface area (Å²) < 4.78 is 5.77. The zero-order chi connectivity index (χ0) is 14.7. The third kappa shape index (κ3) is 3.26. The predicted octanol–water partition coefficient (Wildman–Crippen LogP) is 3.11. The van der Waals surface area contributed by atoms with Crippen LogP contribution in [0, 0.1) is 6.92 Å². The predicted molar refractivity (Wildman–Crippen MR) is 85.4 cm³/mol. The summed E-state index contributed by atoms with van der Waals surface area (Å²) in [5, 5.41) is 3.55. The minimum atomic E-state index is 0.149. The number of hydrogen-bond donors (Lipinski definition) is 2. The molecule has 0 aromatic heterocycles. The van der Waals surface area contributed by atoms with Gasteiger partial charge in [-0.25, -0.2) is 0 Å². The summed E-state index contributed by atoms with van der Waals surface area (Å²) in [4.78, 5) is 0. The third-order valence-corrected chi connectivity index (χ3v) is 4.01. The minimum Gasteiger partial charge on any atom is -0.492 e. The van der Waals surface area contributed by atoms with Crippen molar-refractivity contribution in [1.29, 1.82) is 0 Å². The maximum atomic E-state index is 6.18. The maximum Gasteiger partial charge on any atom is 0.119 e. The summed E-state index contributed by atoms with van der Waals surface area (Å²) in [5.74, 6) is 0.931. The largest absolute Gasteiger partial charge is 0.492 e. The van der Waals surface area contributed by atoms with E-state index in [9.17, 15) is 0 Å². The lowest BCUT2D eigenvalue weighted by molar-refractivity contribution is 0.304. The van der Waals surface area contributed by atoms with Gasteiger partial charge in [0.25, 0.3) is 0 Å². The van der Waals surface area contributed by atoms with Crippen molar-refractivity contribution in [2.75, 3.05) is 13.2 Å². The monoisotopic (exact) mass is 282 g/mol. The summed E-state index contributed by atoms with van der Waals surface area (Å²) in [6, 6.07) is 17.1. The first-order valence-electron chi connectivity index (χ1n) is 7.51. The fraction of sp³-hybridized carbons (Fsp3) is 0.333. The zero-order valence-corrected chi connectivity index (χ0v) is 12.4. The first-order chi connectivity index (χ1) is 10.2. The molecule has 2 unspecified atom stereocenters. The number of rotatable bonds is 5. The topological polar surface area (TPSA) is 47.3 Å². The second-order valence-electron chi connectivity index (χ2n) is 5.64. The number of ether oxygens (including phenoxy) is 1. The lowest BCUT2D eigenvalue weighted by atomic mass is 10.1. The van der Waals surface area contributed by atoms with E-state index in [1.54, 1.807) is 0 Å².